The summed E-state index contributed by atoms with van der Waals surface area (Å²) in [5.41, 5.74) is 2.12. The summed E-state index contributed by atoms with van der Waals surface area (Å²) in [6, 6.07) is 8.56. The normalized spacial score (nSPS) is 14.5. The zero-order chi connectivity index (χ0) is 15.3. The number of carbonyl (C=O) groups is 1. The molecule has 0 heterocycles. The maximum absolute atomic E-state index is 11.6. The number of carbonyl (C=O) groups excluding carboxylic acids is 1. The van der Waals surface area contributed by atoms with Gasteiger partial charge in [-0.2, -0.15) is 0 Å². The highest BCUT2D eigenvalue weighted by molar-refractivity contribution is 5.67. The monoisotopic (exact) mass is 277 g/mol. The zero-order valence-electron chi connectivity index (χ0n) is 13.5. The Bertz CT molecular complexity index is 431. The standard InChI is InChI=1S/C17H27NO2/c1-12-7-9-15(10-8-12)14(3)13(2)11-18-16(19)20-17(4,5)6/h7-10,13-14H,11H2,1-6H3,(H,18,19)/t13-,14-/m0/s1. The molecule has 3 heteroatoms. The van der Waals surface area contributed by atoms with Crippen molar-refractivity contribution in [2.75, 3.05) is 6.54 Å². The van der Waals surface area contributed by atoms with Gasteiger partial charge in [-0.1, -0.05) is 43.7 Å². The summed E-state index contributed by atoms with van der Waals surface area (Å²) >= 11 is 0. The Labute approximate surface area is 122 Å². The van der Waals surface area contributed by atoms with E-state index in [-0.39, 0.29) is 6.09 Å². The minimum absolute atomic E-state index is 0.347. The van der Waals surface area contributed by atoms with E-state index in [9.17, 15) is 4.79 Å². The van der Waals surface area contributed by atoms with Crippen molar-refractivity contribution in [3.63, 3.8) is 0 Å². The number of hydrogen-bond acceptors (Lipinski definition) is 2. The highest BCUT2D eigenvalue weighted by atomic mass is 16.6. The van der Waals surface area contributed by atoms with Crippen LogP contribution in [0.2, 0.25) is 0 Å². The first-order valence-electron chi connectivity index (χ1n) is 7.22. The molecule has 20 heavy (non-hydrogen) atoms. The molecule has 0 saturated carbocycles. The third-order valence-electron chi connectivity index (χ3n) is 3.42. The van der Waals surface area contributed by atoms with Crippen LogP contribution in [0.5, 0.6) is 0 Å². The molecule has 1 aromatic carbocycles. The van der Waals surface area contributed by atoms with Crippen molar-refractivity contribution in [2.24, 2.45) is 5.92 Å². The minimum atomic E-state index is -0.449. The first-order chi connectivity index (χ1) is 9.19. The molecule has 0 saturated heterocycles. The Morgan fingerprint density at radius 1 is 1.20 bits per heavy atom. The van der Waals surface area contributed by atoms with E-state index in [0.717, 1.165) is 0 Å². The molecule has 1 rings (SSSR count). The maximum atomic E-state index is 11.6. The van der Waals surface area contributed by atoms with Crippen molar-refractivity contribution in [1.82, 2.24) is 5.32 Å². The molecule has 0 aliphatic rings. The number of benzene rings is 1. The molecule has 2 atom stereocenters. The molecular weight excluding hydrogens is 250 g/mol. The van der Waals surface area contributed by atoms with Crippen molar-refractivity contribution in [3.8, 4) is 0 Å². The Morgan fingerprint density at radius 3 is 2.25 bits per heavy atom. The molecule has 1 amide bonds. The Hall–Kier alpha value is -1.51. The molecule has 0 spiro atoms. The molecule has 0 unspecified atom stereocenters. The van der Waals surface area contributed by atoms with Crippen LogP contribution >= 0.6 is 0 Å². The lowest BCUT2D eigenvalue weighted by atomic mass is 9.88. The summed E-state index contributed by atoms with van der Waals surface area (Å²) in [5, 5.41) is 2.84. The van der Waals surface area contributed by atoms with Crippen molar-refractivity contribution >= 4 is 6.09 Å². The van der Waals surface area contributed by atoms with Gasteiger partial charge in [0.25, 0.3) is 0 Å². The van der Waals surface area contributed by atoms with Crippen molar-refractivity contribution in [3.05, 3.63) is 35.4 Å². The van der Waals surface area contributed by atoms with Crippen LogP contribution in [0.3, 0.4) is 0 Å². The lowest BCUT2D eigenvalue weighted by Gasteiger charge is -2.23. The lowest BCUT2D eigenvalue weighted by Crippen LogP contribution is -2.35. The van der Waals surface area contributed by atoms with E-state index < -0.39 is 5.60 Å². The number of ether oxygens (including phenoxy) is 1. The predicted molar refractivity (Wildman–Crippen MR) is 83.0 cm³/mol. The third kappa shape index (κ3) is 5.64. The second kappa shape index (κ2) is 6.78. The molecule has 0 radical (unpaired) electrons. The minimum Gasteiger partial charge on any atom is -0.444 e. The first kappa shape index (κ1) is 16.5. The van der Waals surface area contributed by atoms with E-state index in [1.807, 2.05) is 20.8 Å². The number of nitrogens with one attached hydrogen (secondary N) is 1. The highest BCUT2D eigenvalue weighted by Gasteiger charge is 2.19. The maximum Gasteiger partial charge on any atom is 0.407 e. The van der Waals surface area contributed by atoms with E-state index >= 15 is 0 Å². The van der Waals surface area contributed by atoms with Gasteiger partial charge in [0.15, 0.2) is 0 Å². The fourth-order valence-corrected chi connectivity index (χ4v) is 1.93. The Balaban J connectivity index is 2.48. The van der Waals surface area contributed by atoms with Gasteiger partial charge in [-0.05, 0) is 45.1 Å². The van der Waals surface area contributed by atoms with Gasteiger partial charge in [-0.25, -0.2) is 4.79 Å². The zero-order valence-corrected chi connectivity index (χ0v) is 13.5. The summed E-state index contributed by atoms with van der Waals surface area (Å²) in [5.74, 6) is 0.746. The van der Waals surface area contributed by atoms with Crippen LogP contribution < -0.4 is 5.32 Å². The van der Waals surface area contributed by atoms with Gasteiger partial charge in [-0.3, -0.25) is 0 Å². The fraction of sp³-hybridized carbons (Fsp3) is 0.588. The molecule has 0 bridgehead atoms. The average molecular weight is 277 g/mol. The van der Waals surface area contributed by atoms with Crippen LogP contribution in [0.4, 0.5) is 4.79 Å². The summed E-state index contributed by atoms with van der Waals surface area (Å²) in [7, 11) is 0. The molecule has 0 aliphatic carbocycles. The molecule has 1 N–H and O–H groups in total. The van der Waals surface area contributed by atoms with Crippen LogP contribution in [0, 0.1) is 12.8 Å². The fourth-order valence-electron chi connectivity index (χ4n) is 1.93. The SMILES string of the molecule is Cc1ccc([C@@H](C)[C@@H](C)CNC(=O)OC(C)(C)C)cc1. The quantitative estimate of drug-likeness (QED) is 0.893. The Kier molecular flexibility index (Phi) is 5.61. The third-order valence-corrected chi connectivity index (χ3v) is 3.42. The van der Waals surface area contributed by atoms with Crippen molar-refractivity contribution in [1.29, 1.82) is 0 Å². The first-order valence-corrected chi connectivity index (χ1v) is 7.22. The smallest absolute Gasteiger partial charge is 0.407 e. The lowest BCUT2D eigenvalue weighted by molar-refractivity contribution is 0.0518. The van der Waals surface area contributed by atoms with E-state index in [2.05, 4.69) is 50.4 Å². The Morgan fingerprint density at radius 2 is 1.75 bits per heavy atom. The van der Waals surface area contributed by atoms with Crippen LogP contribution in [0.15, 0.2) is 24.3 Å². The second-order valence-corrected chi connectivity index (χ2v) is 6.56. The van der Waals surface area contributed by atoms with Gasteiger partial charge in [0.1, 0.15) is 5.60 Å². The molecule has 0 aromatic heterocycles. The molecule has 3 nitrogen and oxygen atoms in total. The van der Waals surface area contributed by atoms with E-state index in [1.165, 1.54) is 11.1 Å². The molecular formula is C17H27NO2. The van der Waals surface area contributed by atoms with E-state index in [1.54, 1.807) is 0 Å². The summed E-state index contributed by atoms with van der Waals surface area (Å²) in [4.78, 5) is 11.6. The van der Waals surface area contributed by atoms with Gasteiger partial charge in [0, 0.05) is 6.54 Å². The summed E-state index contributed by atoms with van der Waals surface area (Å²) in [6.45, 7) is 12.6. The molecule has 0 fully saturated rings. The van der Waals surface area contributed by atoms with Crippen LogP contribution in [-0.2, 0) is 4.74 Å². The molecule has 0 aliphatic heterocycles. The van der Waals surface area contributed by atoms with Crippen LogP contribution in [0.1, 0.15) is 51.7 Å². The van der Waals surface area contributed by atoms with Crippen LogP contribution in [-0.4, -0.2) is 18.2 Å². The van der Waals surface area contributed by atoms with Gasteiger partial charge in [-0.15, -0.1) is 0 Å². The van der Waals surface area contributed by atoms with Gasteiger partial charge in [0.05, 0.1) is 0 Å². The number of alkyl carbamates (subject to hydrolysis) is 1. The topological polar surface area (TPSA) is 38.3 Å². The molecule has 1 aromatic rings. The summed E-state index contributed by atoms with van der Waals surface area (Å²) < 4.78 is 5.24. The average Bonchev–Trinajstić information content (AvgIpc) is 2.34. The van der Waals surface area contributed by atoms with E-state index in [4.69, 9.17) is 4.74 Å². The van der Waals surface area contributed by atoms with E-state index in [0.29, 0.717) is 18.4 Å². The second-order valence-electron chi connectivity index (χ2n) is 6.56. The van der Waals surface area contributed by atoms with Gasteiger partial charge in [0.2, 0.25) is 0 Å². The van der Waals surface area contributed by atoms with Crippen molar-refractivity contribution < 1.29 is 9.53 Å². The summed E-state index contributed by atoms with van der Waals surface area (Å²) in [6.07, 6.45) is -0.347. The van der Waals surface area contributed by atoms with Gasteiger partial charge < -0.3 is 10.1 Å². The highest BCUT2D eigenvalue weighted by Crippen LogP contribution is 2.23. The number of hydrogen-bond donors (Lipinski definition) is 1. The van der Waals surface area contributed by atoms with Crippen LogP contribution in [0.25, 0.3) is 0 Å². The number of rotatable bonds is 4. The number of amides is 1. The molecule has 112 valence electrons. The number of aryl methyl sites for hydroxylation is 1. The van der Waals surface area contributed by atoms with Crippen molar-refractivity contribution in [2.45, 2.75) is 53.1 Å². The largest absolute Gasteiger partial charge is 0.444 e. The predicted octanol–water partition coefficient (Wildman–Crippen LogP) is 4.26. The van der Waals surface area contributed by atoms with Gasteiger partial charge >= 0.3 is 6.09 Å².